The summed E-state index contributed by atoms with van der Waals surface area (Å²) in [6.07, 6.45) is 0.832. The van der Waals surface area contributed by atoms with E-state index in [9.17, 15) is 4.79 Å². The van der Waals surface area contributed by atoms with Crippen LogP contribution in [0.5, 0.6) is 0 Å². The van der Waals surface area contributed by atoms with E-state index in [1.54, 1.807) is 23.1 Å². The summed E-state index contributed by atoms with van der Waals surface area (Å²) in [6, 6.07) is 16.1. The topological polar surface area (TPSA) is 41.5 Å². The van der Waals surface area contributed by atoms with Crippen molar-refractivity contribution in [3.63, 3.8) is 0 Å². The average Bonchev–Trinajstić information content (AvgIpc) is 3.14. The van der Waals surface area contributed by atoms with Crippen molar-refractivity contribution in [1.29, 1.82) is 0 Å². The van der Waals surface area contributed by atoms with E-state index < -0.39 is 0 Å². The average molecular weight is 457 g/mol. The highest BCUT2D eigenvalue weighted by Crippen LogP contribution is 2.41. The fourth-order valence-corrected chi connectivity index (χ4v) is 4.94. The van der Waals surface area contributed by atoms with Crippen LogP contribution in [0, 0.1) is 0 Å². The number of halogens is 1. The third kappa shape index (κ3) is 4.03. The van der Waals surface area contributed by atoms with Crippen molar-refractivity contribution >= 4 is 56.3 Å². The molecule has 1 aliphatic heterocycles. The first-order valence-electron chi connectivity index (χ1n) is 8.64. The highest BCUT2D eigenvalue weighted by atomic mass is 79.9. The van der Waals surface area contributed by atoms with Crippen LogP contribution in [-0.4, -0.2) is 11.6 Å². The fourth-order valence-electron chi connectivity index (χ4n) is 2.93. The number of nitrogens with one attached hydrogen (secondary N) is 1. The first-order valence-corrected chi connectivity index (χ1v) is 11.1. The Balaban J connectivity index is 1.64. The Morgan fingerprint density at radius 1 is 1.15 bits per heavy atom. The zero-order valence-corrected chi connectivity index (χ0v) is 17.9. The molecule has 3 nitrogen and oxygen atoms in total. The van der Waals surface area contributed by atoms with Gasteiger partial charge >= 0.3 is 0 Å². The molecule has 4 rings (SSSR count). The minimum Gasteiger partial charge on any atom is -0.347 e. The Bertz CT molecular complexity index is 1030. The molecule has 27 heavy (non-hydrogen) atoms. The second kappa shape index (κ2) is 8.00. The molecule has 0 aliphatic carbocycles. The van der Waals surface area contributed by atoms with E-state index in [1.165, 1.54) is 4.90 Å². The standard InChI is InChI=1S/C21H17BrN2OS2/c1-2-17-16-11-14(22)6-8-19(16)27-20-7-5-13(10-18(20)24-17)21(25)23-12-15-4-3-9-26-15/h3-11H,2,12H2,1H3,(H,23,25). The van der Waals surface area contributed by atoms with Gasteiger partial charge in [-0.3, -0.25) is 9.79 Å². The normalized spacial score (nSPS) is 12.6. The van der Waals surface area contributed by atoms with Crippen molar-refractivity contribution in [3.8, 4) is 0 Å². The van der Waals surface area contributed by atoms with Gasteiger partial charge in [-0.2, -0.15) is 0 Å². The van der Waals surface area contributed by atoms with Crippen LogP contribution >= 0.6 is 39.0 Å². The minimum absolute atomic E-state index is 0.0750. The van der Waals surface area contributed by atoms with E-state index in [0.717, 1.165) is 37.6 Å². The Morgan fingerprint density at radius 2 is 2.00 bits per heavy atom. The van der Waals surface area contributed by atoms with Crippen LogP contribution in [0.25, 0.3) is 0 Å². The van der Waals surface area contributed by atoms with E-state index in [4.69, 9.17) is 4.99 Å². The lowest BCUT2D eigenvalue weighted by Crippen LogP contribution is -2.22. The molecule has 6 heteroatoms. The van der Waals surface area contributed by atoms with Crippen LogP contribution in [0.4, 0.5) is 5.69 Å². The zero-order chi connectivity index (χ0) is 18.8. The first-order chi connectivity index (χ1) is 13.1. The molecule has 1 amide bonds. The van der Waals surface area contributed by atoms with Crippen molar-refractivity contribution in [2.75, 3.05) is 0 Å². The quantitative estimate of drug-likeness (QED) is 0.490. The molecule has 2 aromatic carbocycles. The molecule has 3 aromatic rings. The Morgan fingerprint density at radius 3 is 2.78 bits per heavy atom. The van der Waals surface area contributed by atoms with Crippen molar-refractivity contribution in [2.45, 2.75) is 29.7 Å². The summed E-state index contributed by atoms with van der Waals surface area (Å²) in [5.41, 5.74) is 3.68. The van der Waals surface area contributed by atoms with E-state index in [2.05, 4.69) is 46.4 Å². The van der Waals surface area contributed by atoms with Gasteiger partial charge in [-0.25, -0.2) is 0 Å². The molecule has 1 N–H and O–H groups in total. The van der Waals surface area contributed by atoms with Gasteiger partial charge in [-0.1, -0.05) is 40.7 Å². The van der Waals surface area contributed by atoms with E-state index in [0.29, 0.717) is 12.1 Å². The van der Waals surface area contributed by atoms with Gasteiger partial charge in [0.25, 0.3) is 5.91 Å². The Kier molecular flexibility index (Phi) is 5.48. The number of carbonyl (C=O) groups excluding carboxylic acids is 1. The summed E-state index contributed by atoms with van der Waals surface area (Å²) in [5.74, 6) is -0.0750. The summed E-state index contributed by atoms with van der Waals surface area (Å²) in [7, 11) is 0. The smallest absolute Gasteiger partial charge is 0.251 e. The molecule has 2 heterocycles. The molecular formula is C21H17BrN2OS2. The summed E-state index contributed by atoms with van der Waals surface area (Å²) >= 11 is 6.89. The Labute approximate surface area is 175 Å². The molecule has 0 radical (unpaired) electrons. The van der Waals surface area contributed by atoms with Crippen LogP contribution in [0.2, 0.25) is 0 Å². The van der Waals surface area contributed by atoms with Crippen molar-refractivity contribution in [2.24, 2.45) is 4.99 Å². The molecule has 1 aliphatic rings. The van der Waals surface area contributed by atoms with Gasteiger partial charge in [0.2, 0.25) is 0 Å². The molecule has 0 spiro atoms. The maximum absolute atomic E-state index is 12.6. The lowest BCUT2D eigenvalue weighted by Gasteiger charge is -2.08. The number of benzene rings is 2. The zero-order valence-electron chi connectivity index (χ0n) is 14.7. The van der Waals surface area contributed by atoms with Gasteiger partial charge in [-0.15, -0.1) is 11.3 Å². The molecule has 0 saturated heterocycles. The minimum atomic E-state index is -0.0750. The molecule has 136 valence electrons. The molecule has 0 atom stereocenters. The van der Waals surface area contributed by atoms with Crippen LogP contribution < -0.4 is 5.32 Å². The molecule has 0 fully saturated rings. The van der Waals surface area contributed by atoms with E-state index in [1.807, 2.05) is 35.7 Å². The van der Waals surface area contributed by atoms with Crippen LogP contribution in [0.1, 0.15) is 34.1 Å². The summed E-state index contributed by atoms with van der Waals surface area (Å²) < 4.78 is 1.04. The van der Waals surface area contributed by atoms with Gasteiger partial charge in [0.15, 0.2) is 0 Å². The highest BCUT2D eigenvalue weighted by molar-refractivity contribution is 9.10. The van der Waals surface area contributed by atoms with Crippen molar-refractivity contribution in [1.82, 2.24) is 5.32 Å². The van der Waals surface area contributed by atoms with E-state index >= 15 is 0 Å². The SMILES string of the molecule is CCC1=Nc2cc(C(=O)NCc3cccs3)ccc2Sc2ccc(Br)cc21. The van der Waals surface area contributed by atoms with E-state index in [-0.39, 0.29) is 5.91 Å². The molecule has 0 bridgehead atoms. The monoisotopic (exact) mass is 456 g/mol. The molecule has 1 aromatic heterocycles. The van der Waals surface area contributed by atoms with Crippen LogP contribution in [0.15, 0.2) is 73.2 Å². The number of nitrogens with zero attached hydrogens (tertiary/aromatic N) is 1. The predicted octanol–water partition coefficient (Wildman–Crippen LogP) is 6.44. The number of aliphatic imine (C=N–C) groups is 1. The number of rotatable bonds is 4. The third-order valence-corrected chi connectivity index (χ3v) is 6.80. The van der Waals surface area contributed by atoms with Crippen molar-refractivity contribution < 1.29 is 4.79 Å². The van der Waals surface area contributed by atoms with Gasteiger partial charge in [-0.05, 0) is 54.3 Å². The van der Waals surface area contributed by atoms with Gasteiger partial charge in [0.05, 0.1) is 12.2 Å². The molecule has 0 unspecified atom stereocenters. The largest absolute Gasteiger partial charge is 0.347 e. The maximum Gasteiger partial charge on any atom is 0.251 e. The summed E-state index contributed by atoms with van der Waals surface area (Å²) in [5, 5.41) is 5.00. The van der Waals surface area contributed by atoms with Crippen LogP contribution in [-0.2, 0) is 6.54 Å². The van der Waals surface area contributed by atoms with Crippen molar-refractivity contribution in [3.05, 3.63) is 74.4 Å². The number of carbonyl (C=O) groups is 1. The van der Waals surface area contributed by atoms with Gasteiger partial charge < -0.3 is 5.32 Å². The van der Waals surface area contributed by atoms with Gasteiger partial charge in [0.1, 0.15) is 0 Å². The fraction of sp³-hybridized carbons (Fsp3) is 0.143. The van der Waals surface area contributed by atoms with Gasteiger partial charge in [0, 0.05) is 36.0 Å². The maximum atomic E-state index is 12.6. The Hall–Kier alpha value is -1.89. The molecule has 0 saturated carbocycles. The number of hydrogen-bond acceptors (Lipinski definition) is 4. The summed E-state index contributed by atoms with van der Waals surface area (Å²) in [6.45, 7) is 2.65. The summed E-state index contributed by atoms with van der Waals surface area (Å²) in [4.78, 5) is 20.8. The number of fused-ring (bicyclic) bond motifs is 2. The number of amides is 1. The molecular weight excluding hydrogens is 440 g/mol. The predicted molar refractivity (Wildman–Crippen MR) is 117 cm³/mol. The number of hydrogen-bond donors (Lipinski definition) is 1. The lowest BCUT2D eigenvalue weighted by atomic mass is 10.1. The second-order valence-electron chi connectivity index (χ2n) is 6.10. The van der Waals surface area contributed by atoms with Crippen LogP contribution in [0.3, 0.4) is 0 Å². The number of thiophene rings is 1. The lowest BCUT2D eigenvalue weighted by molar-refractivity contribution is 0.0951. The highest BCUT2D eigenvalue weighted by Gasteiger charge is 2.18. The first kappa shape index (κ1) is 18.5. The second-order valence-corrected chi connectivity index (χ2v) is 9.13. The third-order valence-electron chi connectivity index (χ3n) is 4.29.